The van der Waals surface area contributed by atoms with Crippen molar-refractivity contribution in [2.75, 3.05) is 5.73 Å². The molecule has 6 nitrogen and oxygen atoms in total. The van der Waals surface area contributed by atoms with E-state index in [1.54, 1.807) is 6.07 Å². The van der Waals surface area contributed by atoms with Crippen molar-refractivity contribution in [2.45, 2.75) is 31.9 Å². The number of fused-ring (bicyclic) bond motifs is 1. The first-order valence-corrected chi connectivity index (χ1v) is 6.74. The summed E-state index contributed by atoms with van der Waals surface area (Å²) in [4.78, 5) is 12.2. The summed E-state index contributed by atoms with van der Waals surface area (Å²) in [5, 5.41) is 6.61. The van der Waals surface area contributed by atoms with Crippen LogP contribution in [0.25, 0.3) is 0 Å². The molecule has 0 spiro atoms. The molecule has 1 atom stereocenters. The van der Waals surface area contributed by atoms with Crippen molar-refractivity contribution in [3.05, 3.63) is 41.8 Å². The highest BCUT2D eigenvalue weighted by Gasteiger charge is 2.35. The van der Waals surface area contributed by atoms with Gasteiger partial charge in [-0.15, -0.1) is 0 Å². The Balaban J connectivity index is 1.91. The first kappa shape index (κ1) is 13.5. The number of carbonyl (C=O) groups is 1. The summed E-state index contributed by atoms with van der Waals surface area (Å²) in [6.45, 7) is 3.98. The lowest BCUT2D eigenvalue weighted by Crippen LogP contribution is -2.41. The van der Waals surface area contributed by atoms with Crippen LogP contribution in [-0.2, 0) is 0 Å². The Kier molecular flexibility index (Phi) is 3.08. The van der Waals surface area contributed by atoms with E-state index in [0.717, 1.165) is 11.3 Å². The fourth-order valence-corrected chi connectivity index (χ4v) is 2.56. The molecule has 1 aromatic heterocycles. The van der Waals surface area contributed by atoms with Crippen LogP contribution in [0, 0.1) is 0 Å². The highest BCUT2D eigenvalue weighted by Crippen LogP contribution is 2.40. The van der Waals surface area contributed by atoms with Crippen molar-refractivity contribution in [3.63, 3.8) is 0 Å². The molecule has 0 radical (unpaired) electrons. The SMILES string of the molecule is CC1(C)C[C@H](NC(=O)c2ccon2)c2cc(N)ccc2O1. The van der Waals surface area contributed by atoms with Crippen LogP contribution in [0.3, 0.4) is 0 Å². The van der Waals surface area contributed by atoms with Gasteiger partial charge in [0.05, 0.1) is 6.04 Å². The first-order chi connectivity index (χ1) is 9.94. The fraction of sp³-hybridized carbons (Fsp3) is 0.333. The second-order valence-corrected chi connectivity index (χ2v) is 5.77. The highest BCUT2D eigenvalue weighted by atomic mass is 16.5. The lowest BCUT2D eigenvalue weighted by atomic mass is 9.89. The zero-order valence-corrected chi connectivity index (χ0v) is 11.9. The number of nitrogen functional groups attached to an aromatic ring is 1. The minimum Gasteiger partial charge on any atom is -0.487 e. The van der Waals surface area contributed by atoms with Crippen molar-refractivity contribution in [1.29, 1.82) is 0 Å². The summed E-state index contributed by atoms with van der Waals surface area (Å²) in [5.74, 6) is 0.464. The zero-order chi connectivity index (χ0) is 15.0. The Labute approximate surface area is 122 Å². The number of nitrogens with zero attached hydrogens (tertiary/aromatic N) is 1. The van der Waals surface area contributed by atoms with E-state index in [1.165, 1.54) is 12.3 Å². The number of hydrogen-bond acceptors (Lipinski definition) is 5. The molecule has 110 valence electrons. The Hall–Kier alpha value is -2.50. The van der Waals surface area contributed by atoms with E-state index < -0.39 is 0 Å². The number of rotatable bonds is 2. The van der Waals surface area contributed by atoms with Gasteiger partial charge in [0.1, 0.15) is 17.6 Å². The van der Waals surface area contributed by atoms with E-state index >= 15 is 0 Å². The molecule has 2 aromatic rings. The second-order valence-electron chi connectivity index (χ2n) is 5.77. The lowest BCUT2D eigenvalue weighted by Gasteiger charge is -2.37. The summed E-state index contributed by atoms with van der Waals surface area (Å²) in [6, 6.07) is 6.80. The number of ether oxygens (including phenoxy) is 1. The van der Waals surface area contributed by atoms with Gasteiger partial charge < -0.3 is 20.3 Å². The molecule has 3 rings (SSSR count). The van der Waals surface area contributed by atoms with Crippen LogP contribution in [0.2, 0.25) is 0 Å². The average Bonchev–Trinajstić information content (AvgIpc) is 2.93. The third kappa shape index (κ3) is 2.69. The number of amides is 1. The molecule has 21 heavy (non-hydrogen) atoms. The van der Waals surface area contributed by atoms with E-state index in [-0.39, 0.29) is 23.2 Å². The van der Waals surface area contributed by atoms with Crippen LogP contribution in [0.15, 0.2) is 35.1 Å². The molecule has 0 unspecified atom stereocenters. The third-order valence-corrected chi connectivity index (χ3v) is 3.47. The van der Waals surface area contributed by atoms with Crippen molar-refractivity contribution in [2.24, 2.45) is 0 Å². The molecule has 1 aliphatic heterocycles. The van der Waals surface area contributed by atoms with Gasteiger partial charge in [-0.25, -0.2) is 0 Å². The van der Waals surface area contributed by atoms with E-state index in [1.807, 2.05) is 26.0 Å². The average molecular weight is 287 g/mol. The smallest absolute Gasteiger partial charge is 0.273 e. The Morgan fingerprint density at radius 3 is 2.95 bits per heavy atom. The van der Waals surface area contributed by atoms with Gasteiger partial charge in [0.2, 0.25) is 0 Å². The Morgan fingerprint density at radius 1 is 1.43 bits per heavy atom. The maximum Gasteiger partial charge on any atom is 0.273 e. The third-order valence-electron chi connectivity index (χ3n) is 3.47. The monoisotopic (exact) mass is 287 g/mol. The molecule has 0 aliphatic carbocycles. The Bertz CT molecular complexity index is 665. The van der Waals surface area contributed by atoms with Crippen LogP contribution in [-0.4, -0.2) is 16.7 Å². The minimum absolute atomic E-state index is 0.184. The van der Waals surface area contributed by atoms with Gasteiger partial charge in [0.25, 0.3) is 5.91 Å². The first-order valence-electron chi connectivity index (χ1n) is 6.74. The molecule has 3 N–H and O–H groups in total. The second kappa shape index (κ2) is 4.80. The lowest BCUT2D eigenvalue weighted by molar-refractivity contribution is 0.0617. The molecule has 1 aromatic carbocycles. The zero-order valence-electron chi connectivity index (χ0n) is 11.9. The number of anilines is 1. The summed E-state index contributed by atoms with van der Waals surface area (Å²) >= 11 is 0. The maximum atomic E-state index is 12.2. The summed E-state index contributed by atoms with van der Waals surface area (Å²) in [7, 11) is 0. The van der Waals surface area contributed by atoms with E-state index in [0.29, 0.717) is 12.1 Å². The van der Waals surface area contributed by atoms with Gasteiger partial charge in [-0.1, -0.05) is 5.16 Å². The minimum atomic E-state index is -0.370. The summed E-state index contributed by atoms with van der Waals surface area (Å²) < 4.78 is 10.6. The van der Waals surface area contributed by atoms with Crippen molar-refractivity contribution >= 4 is 11.6 Å². The Morgan fingerprint density at radius 2 is 2.24 bits per heavy atom. The summed E-state index contributed by atoms with van der Waals surface area (Å²) in [5.41, 5.74) is 7.24. The van der Waals surface area contributed by atoms with Crippen LogP contribution in [0.5, 0.6) is 5.75 Å². The molecule has 0 saturated heterocycles. The molecule has 2 heterocycles. The molecule has 0 bridgehead atoms. The predicted molar refractivity (Wildman–Crippen MR) is 76.9 cm³/mol. The number of carbonyl (C=O) groups excluding carboxylic acids is 1. The molecule has 0 saturated carbocycles. The largest absolute Gasteiger partial charge is 0.487 e. The number of nitrogens with two attached hydrogens (primary N) is 1. The molecule has 0 fully saturated rings. The normalized spacial score (nSPS) is 19.4. The van der Waals surface area contributed by atoms with Gasteiger partial charge in [-0.3, -0.25) is 4.79 Å². The number of hydrogen-bond donors (Lipinski definition) is 2. The number of nitrogens with one attached hydrogen (secondary N) is 1. The van der Waals surface area contributed by atoms with Crippen LogP contribution in [0.1, 0.15) is 42.4 Å². The van der Waals surface area contributed by atoms with Gasteiger partial charge >= 0.3 is 0 Å². The quantitative estimate of drug-likeness (QED) is 0.827. The van der Waals surface area contributed by atoms with Gasteiger partial charge in [-0.2, -0.15) is 0 Å². The van der Waals surface area contributed by atoms with Crippen LogP contribution < -0.4 is 15.8 Å². The predicted octanol–water partition coefficient (Wildman–Crippen LogP) is 2.29. The van der Waals surface area contributed by atoms with Crippen molar-refractivity contribution in [1.82, 2.24) is 10.5 Å². The topological polar surface area (TPSA) is 90.4 Å². The molecule has 1 amide bonds. The number of aromatic nitrogens is 1. The van der Waals surface area contributed by atoms with E-state index in [4.69, 9.17) is 15.0 Å². The molecule has 6 heteroatoms. The highest BCUT2D eigenvalue weighted by molar-refractivity contribution is 5.92. The fourth-order valence-electron chi connectivity index (χ4n) is 2.56. The maximum absolute atomic E-state index is 12.2. The van der Waals surface area contributed by atoms with E-state index in [9.17, 15) is 4.79 Å². The van der Waals surface area contributed by atoms with Crippen molar-refractivity contribution < 1.29 is 14.1 Å². The van der Waals surface area contributed by atoms with Gasteiger partial charge in [-0.05, 0) is 32.0 Å². The molecule has 1 aliphatic rings. The standard InChI is InChI=1S/C15H17N3O3/c1-15(2)8-12(17-14(19)11-5-6-20-18-11)10-7-9(16)3-4-13(10)21-15/h3-7,12H,8,16H2,1-2H3,(H,17,19)/t12-/m0/s1. The van der Waals surface area contributed by atoms with Gasteiger partial charge in [0, 0.05) is 23.7 Å². The van der Waals surface area contributed by atoms with Crippen LogP contribution in [0.4, 0.5) is 5.69 Å². The summed E-state index contributed by atoms with van der Waals surface area (Å²) in [6.07, 6.45) is 2.02. The number of benzene rings is 1. The van der Waals surface area contributed by atoms with Gasteiger partial charge in [0.15, 0.2) is 5.69 Å². The molecular formula is C15H17N3O3. The van der Waals surface area contributed by atoms with Crippen molar-refractivity contribution in [3.8, 4) is 5.75 Å². The molecular weight excluding hydrogens is 270 g/mol. The van der Waals surface area contributed by atoms with E-state index in [2.05, 4.69) is 10.5 Å². The van der Waals surface area contributed by atoms with Crippen LogP contribution >= 0.6 is 0 Å².